The van der Waals surface area contributed by atoms with E-state index >= 15 is 0 Å². The van der Waals surface area contributed by atoms with Crippen LogP contribution in [-0.2, 0) is 11.3 Å². The minimum absolute atomic E-state index is 0.0164. The van der Waals surface area contributed by atoms with Crippen molar-refractivity contribution in [1.29, 1.82) is 0 Å². The van der Waals surface area contributed by atoms with Crippen molar-refractivity contribution >= 4 is 11.0 Å². The summed E-state index contributed by atoms with van der Waals surface area (Å²) in [5.41, 5.74) is 0.873. The second-order valence-electron chi connectivity index (χ2n) is 11.1. The van der Waals surface area contributed by atoms with Gasteiger partial charge < -0.3 is 9.64 Å². The first-order chi connectivity index (χ1) is 16.9. The second kappa shape index (κ2) is 10.7. The maximum absolute atomic E-state index is 14.3. The second-order valence-corrected chi connectivity index (χ2v) is 11.1. The van der Waals surface area contributed by atoms with Crippen LogP contribution in [0.2, 0.25) is 0 Å². The smallest absolute Gasteiger partial charge is 0.329 e. The highest BCUT2D eigenvalue weighted by molar-refractivity contribution is 5.76. The summed E-state index contributed by atoms with van der Waals surface area (Å²) in [5, 5.41) is 0. The number of benzene rings is 1. The van der Waals surface area contributed by atoms with Gasteiger partial charge in [-0.25, -0.2) is 13.6 Å². The van der Waals surface area contributed by atoms with Gasteiger partial charge in [-0.05, 0) is 50.4 Å². The summed E-state index contributed by atoms with van der Waals surface area (Å²) >= 11 is 0. The highest BCUT2D eigenvalue weighted by atomic mass is 19.2. The molecule has 35 heavy (non-hydrogen) atoms. The Morgan fingerprint density at radius 1 is 0.857 bits per heavy atom. The summed E-state index contributed by atoms with van der Waals surface area (Å²) in [7, 11) is 0. The molecule has 2 aliphatic heterocycles. The monoisotopic (exact) mass is 490 g/mol. The molecule has 8 heteroatoms. The van der Waals surface area contributed by atoms with Crippen LogP contribution in [-0.4, -0.2) is 70.9 Å². The van der Waals surface area contributed by atoms with E-state index in [0.717, 1.165) is 50.9 Å². The molecule has 2 saturated heterocycles. The van der Waals surface area contributed by atoms with Gasteiger partial charge in [-0.15, -0.1) is 0 Å². The molecule has 0 atom stereocenters. The average molecular weight is 491 g/mol. The van der Waals surface area contributed by atoms with Crippen molar-refractivity contribution in [2.24, 2.45) is 11.8 Å². The van der Waals surface area contributed by atoms with Crippen molar-refractivity contribution in [3.8, 4) is 0 Å². The third-order valence-electron chi connectivity index (χ3n) is 8.81. The number of hydrogen-bond donors (Lipinski definition) is 0. The van der Waals surface area contributed by atoms with E-state index in [0.29, 0.717) is 43.4 Å². The molecule has 1 aliphatic carbocycles. The van der Waals surface area contributed by atoms with Crippen LogP contribution >= 0.6 is 0 Å². The lowest BCUT2D eigenvalue weighted by molar-refractivity contribution is 0.0363. The SMILES string of the molecule is CC(C)[C@H]1CC[C@@H](N2CCC(n3c(=O)n(CCN4CCOCC4)c4cc(F)c(F)cc43)CC2)CC1. The molecule has 0 bridgehead atoms. The summed E-state index contributed by atoms with van der Waals surface area (Å²) in [6, 6.07) is 3.08. The molecule has 0 radical (unpaired) electrons. The third kappa shape index (κ3) is 5.20. The van der Waals surface area contributed by atoms with E-state index in [9.17, 15) is 13.6 Å². The van der Waals surface area contributed by atoms with E-state index in [-0.39, 0.29) is 11.7 Å². The van der Waals surface area contributed by atoms with Crippen LogP contribution in [0.3, 0.4) is 0 Å². The van der Waals surface area contributed by atoms with Crippen LogP contribution in [0.1, 0.15) is 58.4 Å². The molecule has 1 aromatic carbocycles. The highest BCUT2D eigenvalue weighted by Crippen LogP contribution is 2.35. The Labute approximate surface area is 206 Å². The molecule has 0 N–H and O–H groups in total. The first-order valence-electron chi connectivity index (χ1n) is 13.6. The number of halogens is 2. The molecule has 0 spiro atoms. The van der Waals surface area contributed by atoms with Gasteiger partial charge in [-0.1, -0.05) is 13.8 Å². The molecule has 0 unspecified atom stereocenters. The van der Waals surface area contributed by atoms with Crippen LogP contribution in [0.25, 0.3) is 11.0 Å². The molecule has 1 aromatic heterocycles. The lowest BCUT2D eigenvalue weighted by atomic mass is 9.79. The Bertz CT molecular complexity index is 1060. The van der Waals surface area contributed by atoms with Crippen molar-refractivity contribution in [1.82, 2.24) is 18.9 Å². The molecule has 2 aromatic rings. The van der Waals surface area contributed by atoms with Crippen molar-refractivity contribution < 1.29 is 13.5 Å². The maximum atomic E-state index is 14.3. The Hall–Kier alpha value is -1.77. The zero-order valence-electron chi connectivity index (χ0n) is 21.2. The van der Waals surface area contributed by atoms with Crippen LogP contribution in [0, 0.1) is 23.5 Å². The first kappa shape index (κ1) is 24.9. The number of ether oxygens (including phenoxy) is 1. The number of fused-ring (bicyclic) bond motifs is 1. The van der Waals surface area contributed by atoms with E-state index in [1.807, 2.05) is 0 Å². The molecule has 3 fully saturated rings. The predicted molar refractivity (Wildman–Crippen MR) is 134 cm³/mol. The molecule has 3 aliphatic rings. The van der Waals surface area contributed by atoms with Gasteiger partial charge in [0.15, 0.2) is 11.6 Å². The number of morpholine rings is 1. The summed E-state index contributed by atoms with van der Waals surface area (Å²) in [5.74, 6) is -0.182. The third-order valence-corrected chi connectivity index (χ3v) is 8.81. The zero-order valence-corrected chi connectivity index (χ0v) is 21.2. The van der Waals surface area contributed by atoms with E-state index < -0.39 is 11.6 Å². The Morgan fingerprint density at radius 3 is 2.11 bits per heavy atom. The van der Waals surface area contributed by atoms with Crippen LogP contribution in [0.15, 0.2) is 16.9 Å². The van der Waals surface area contributed by atoms with Gasteiger partial charge in [0, 0.05) is 63.5 Å². The topological polar surface area (TPSA) is 42.6 Å². The average Bonchev–Trinajstić information content (AvgIpc) is 3.13. The van der Waals surface area contributed by atoms with Crippen molar-refractivity contribution in [3.63, 3.8) is 0 Å². The van der Waals surface area contributed by atoms with Gasteiger partial charge in [0.2, 0.25) is 0 Å². The number of piperidine rings is 1. The largest absolute Gasteiger partial charge is 0.379 e. The summed E-state index contributed by atoms with van der Waals surface area (Å²) < 4.78 is 37.3. The first-order valence-corrected chi connectivity index (χ1v) is 13.6. The van der Waals surface area contributed by atoms with Crippen LogP contribution in [0.5, 0.6) is 0 Å². The summed E-state index contributed by atoms with van der Waals surface area (Å²) in [6.07, 6.45) is 6.88. The molecular formula is C27H40F2N4O2. The number of aromatic nitrogens is 2. The molecule has 194 valence electrons. The van der Waals surface area contributed by atoms with E-state index in [1.54, 1.807) is 9.13 Å². The maximum Gasteiger partial charge on any atom is 0.329 e. The number of likely N-dealkylation sites (tertiary alicyclic amines) is 1. The normalized spacial score (nSPS) is 25.6. The zero-order chi connectivity index (χ0) is 24.5. The van der Waals surface area contributed by atoms with Gasteiger partial charge in [0.05, 0.1) is 24.2 Å². The minimum Gasteiger partial charge on any atom is -0.379 e. The fraction of sp³-hybridized carbons (Fsp3) is 0.741. The van der Waals surface area contributed by atoms with E-state index in [4.69, 9.17) is 4.74 Å². The lowest BCUT2D eigenvalue weighted by Crippen LogP contribution is -2.45. The minimum atomic E-state index is -0.901. The van der Waals surface area contributed by atoms with Gasteiger partial charge in [-0.3, -0.25) is 14.0 Å². The molecule has 6 nitrogen and oxygen atoms in total. The van der Waals surface area contributed by atoms with Crippen molar-refractivity contribution in [3.05, 3.63) is 34.3 Å². The highest BCUT2D eigenvalue weighted by Gasteiger charge is 2.32. The van der Waals surface area contributed by atoms with Gasteiger partial charge in [-0.2, -0.15) is 0 Å². The lowest BCUT2D eigenvalue weighted by Gasteiger charge is -2.41. The van der Waals surface area contributed by atoms with Gasteiger partial charge in [0.1, 0.15) is 0 Å². The Morgan fingerprint density at radius 2 is 1.49 bits per heavy atom. The number of hydrogen-bond acceptors (Lipinski definition) is 4. The van der Waals surface area contributed by atoms with Gasteiger partial charge in [0.25, 0.3) is 0 Å². The fourth-order valence-corrected chi connectivity index (χ4v) is 6.55. The molecule has 5 rings (SSSR count). The molecule has 3 heterocycles. The molecule has 1 saturated carbocycles. The van der Waals surface area contributed by atoms with E-state index in [2.05, 4.69) is 23.6 Å². The Balaban J connectivity index is 1.32. The molecular weight excluding hydrogens is 450 g/mol. The number of imidazole rings is 1. The van der Waals surface area contributed by atoms with Crippen molar-refractivity contribution in [2.75, 3.05) is 45.9 Å². The van der Waals surface area contributed by atoms with Gasteiger partial charge >= 0.3 is 5.69 Å². The van der Waals surface area contributed by atoms with Crippen LogP contribution < -0.4 is 5.69 Å². The Kier molecular flexibility index (Phi) is 7.61. The summed E-state index contributed by atoms with van der Waals surface area (Å²) in [4.78, 5) is 18.5. The standard InChI is InChI=1S/C27H40F2N4O2/c1-19(2)20-3-5-21(6-4-20)31-9-7-22(8-10-31)33-26-18-24(29)23(28)17-25(26)32(27(33)34)12-11-30-13-15-35-16-14-30/h17-22H,3-16H2,1-2H3/t20-,21+. The quantitative estimate of drug-likeness (QED) is 0.607. The predicted octanol–water partition coefficient (Wildman–Crippen LogP) is 4.27. The number of nitrogens with zero attached hydrogens (tertiary/aromatic N) is 4. The van der Waals surface area contributed by atoms with Crippen LogP contribution in [0.4, 0.5) is 8.78 Å². The molecule has 0 amide bonds. The summed E-state index contributed by atoms with van der Waals surface area (Å²) in [6.45, 7) is 10.8. The fourth-order valence-electron chi connectivity index (χ4n) is 6.55. The van der Waals surface area contributed by atoms with Crippen molar-refractivity contribution in [2.45, 2.75) is 71.0 Å². The van der Waals surface area contributed by atoms with E-state index in [1.165, 1.54) is 37.8 Å². The number of rotatable bonds is 6.